The van der Waals surface area contributed by atoms with E-state index < -0.39 is 0 Å². The van der Waals surface area contributed by atoms with Crippen LogP contribution in [0.5, 0.6) is 0 Å². The fraction of sp³-hybridized carbons (Fsp3) is 0.364. The van der Waals surface area contributed by atoms with Crippen LogP contribution < -0.4 is 5.32 Å². The zero-order chi connectivity index (χ0) is 12.1. The average Bonchev–Trinajstić information content (AvgIpc) is 2.73. The molecule has 0 fully saturated rings. The first-order valence-electron chi connectivity index (χ1n) is 5.51. The van der Waals surface area contributed by atoms with Gasteiger partial charge in [-0.25, -0.2) is 9.97 Å². The van der Waals surface area contributed by atoms with Crippen LogP contribution in [0.3, 0.4) is 0 Å². The third kappa shape index (κ3) is 3.45. The lowest BCUT2D eigenvalue weighted by atomic mass is 10.5. The molecule has 0 saturated heterocycles. The van der Waals surface area contributed by atoms with Crippen LogP contribution in [-0.4, -0.2) is 26.3 Å². The highest BCUT2D eigenvalue weighted by Gasteiger charge is 2.02. The minimum absolute atomic E-state index is 0.681. The number of rotatable bonds is 5. The van der Waals surface area contributed by atoms with Gasteiger partial charge in [-0.3, -0.25) is 4.68 Å². The lowest BCUT2D eigenvalue weighted by Crippen LogP contribution is -2.03. The van der Waals surface area contributed by atoms with Crippen LogP contribution in [-0.2, 0) is 7.05 Å². The van der Waals surface area contributed by atoms with E-state index in [9.17, 15) is 0 Å². The molecule has 0 atom stereocenters. The van der Waals surface area contributed by atoms with Crippen molar-refractivity contribution >= 4 is 17.7 Å². The molecule has 2 aromatic heterocycles. The Balaban J connectivity index is 2.05. The number of aromatic nitrogens is 4. The highest BCUT2D eigenvalue weighted by atomic mass is 32.2. The Morgan fingerprint density at radius 3 is 3.06 bits per heavy atom. The van der Waals surface area contributed by atoms with Crippen LogP contribution in [0.4, 0.5) is 5.95 Å². The molecule has 0 saturated carbocycles. The van der Waals surface area contributed by atoms with Crippen molar-refractivity contribution in [1.29, 1.82) is 0 Å². The van der Waals surface area contributed by atoms with Gasteiger partial charge in [0.15, 0.2) is 0 Å². The number of nitrogens with zero attached hydrogens (tertiary/aromatic N) is 4. The summed E-state index contributed by atoms with van der Waals surface area (Å²) in [7, 11) is 1.90. The van der Waals surface area contributed by atoms with E-state index in [-0.39, 0.29) is 0 Å². The van der Waals surface area contributed by atoms with Crippen molar-refractivity contribution in [2.24, 2.45) is 7.05 Å². The van der Waals surface area contributed by atoms with E-state index in [1.165, 1.54) is 0 Å². The standard InChI is InChI=1S/C11H15N5S/c1-3-5-12-11-13-6-4-10(15-11)17-9-7-14-16(2)8-9/h4,6-8H,3,5H2,1-2H3,(H,12,13,15). The average molecular weight is 249 g/mol. The Labute approximate surface area is 105 Å². The van der Waals surface area contributed by atoms with Gasteiger partial charge in [-0.1, -0.05) is 18.7 Å². The molecule has 6 heteroatoms. The van der Waals surface area contributed by atoms with E-state index in [1.807, 2.05) is 25.5 Å². The van der Waals surface area contributed by atoms with E-state index in [4.69, 9.17) is 0 Å². The largest absolute Gasteiger partial charge is 0.354 e. The lowest BCUT2D eigenvalue weighted by molar-refractivity contribution is 0.766. The molecule has 1 N–H and O–H groups in total. The normalized spacial score (nSPS) is 10.5. The van der Waals surface area contributed by atoms with Crippen molar-refractivity contribution < 1.29 is 0 Å². The second kappa shape index (κ2) is 5.67. The van der Waals surface area contributed by atoms with Gasteiger partial charge in [0.25, 0.3) is 0 Å². The van der Waals surface area contributed by atoms with E-state index in [0.717, 1.165) is 22.9 Å². The van der Waals surface area contributed by atoms with Crippen LogP contribution in [0.15, 0.2) is 34.6 Å². The Morgan fingerprint density at radius 2 is 2.35 bits per heavy atom. The second-order valence-electron chi connectivity index (χ2n) is 3.60. The number of hydrogen-bond donors (Lipinski definition) is 1. The maximum atomic E-state index is 4.42. The van der Waals surface area contributed by atoms with Crippen LogP contribution in [0.25, 0.3) is 0 Å². The molecule has 2 heterocycles. The van der Waals surface area contributed by atoms with Crippen molar-refractivity contribution in [2.75, 3.05) is 11.9 Å². The van der Waals surface area contributed by atoms with E-state index in [2.05, 4.69) is 27.3 Å². The lowest BCUT2D eigenvalue weighted by Gasteiger charge is -2.03. The van der Waals surface area contributed by atoms with E-state index in [0.29, 0.717) is 5.95 Å². The van der Waals surface area contributed by atoms with Crippen molar-refractivity contribution in [2.45, 2.75) is 23.3 Å². The fourth-order valence-electron chi connectivity index (χ4n) is 1.29. The fourth-order valence-corrected chi connectivity index (χ4v) is 2.10. The highest BCUT2D eigenvalue weighted by molar-refractivity contribution is 7.99. The molecule has 0 aliphatic carbocycles. The maximum absolute atomic E-state index is 4.42. The Bertz CT molecular complexity index is 482. The smallest absolute Gasteiger partial charge is 0.223 e. The third-order valence-electron chi connectivity index (χ3n) is 2.07. The number of aryl methyl sites for hydroxylation is 1. The number of anilines is 1. The Kier molecular flexibility index (Phi) is 3.98. The van der Waals surface area contributed by atoms with Gasteiger partial charge in [-0.05, 0) is 12.5 Å². The molecule has 2 rings (SSSR count). The van der Waals surface area contributed by atoms with Gasteiger partial charge in [-0.2, -0.15) is 5.10 Å². The summed E-state index contributed by atoms with van der Waals surface area (Å²) < 4.78 is 1.78. The molecule has 0 aromatic carbocycles. The van der Waals surface area contributed by atoms with Gasteiger partial charge in [0.2, 0.25) is 5.95 Å². The first-order chi connectivity index (χ1) is 8.28. The molecular weight excluding hydrogens is 234 g/mol. The van der Waals surface area contributed by atoms with Crippen molar-refractivity contribution in [3.63, 3.8) is 0 Å². The van der Waals surface area contributed by atoms with Crippen LogP contribution >= 0.6 is 11.8 Å². The highest BCUT2D eigenvalue weighted by Crippen LogP contribution is 2.25. The molecule has 5 nitrogen and oxygen atoms in total. The van der Waals surface area contributed by atoms with Crippen molar-refractivity contribution in [1.82, 2.24) is 19.7 Å². The summed E-state index contributed by atoms with van der Waals surface area (Å²) >= 11 is 1.58. The quantitative estimate of drug-likeness (QED) is 0.823. The molecule has 0 amide bonds. The molecule has 2 aromatic rings. The molecule has 17 heavy (non-hydrogen) atoms. The van der Waals surface area contributed by atoms with Crippen LogP contribution in [0, 0.1) is 0 Å². The maximum Gasteiger partial charge on any atom is 0.223 e. The molecule has 0 bridgehead atoms. The molecule has 0 aliphatic heterocycles. The van der Waals surface area contributed by atoms with Gasteiger partial charge >= 0.3 is 0 Å². The van der Waals surface area contributed by atoms with Gasteiger partial charge in [0.1, 0.15) is 5.03 Å². The summed E-state index contributed by atoms with van der Waals surface area (Å²) in [5, 5.41) is 8.21. The van der Waals surface area contributed by atoms with Crippen LogP contribution in [0.1, 0.15) is 13.3 Å². The molecule has 0 radical (unpaired) electrons. The van der Waals surface area contributed by atoms with Crippen molar-refractivity contribution in [3.8, 4) is 0 Å². The SMILES string of the molecule is CCCNc1nccc(Sc2cnn(C)c2)n1. The van der Waals surface area contributed by atoms with E-state index in [1.54, 1.807) is 22.6 Å². The Hall–Kier alpha value is -1.56. The first kappa shape index (κ1) is 11.9. The summed E-state index contributed by atoms with van der Waals surface area (Å²) in [5.74, 6) is 0.681. The number of hydrogen-bond acceptors (Lipinski definition) is 5. The van der Waals surface area contributed by atoms with Gasteiger partial charge < -0.3 is 5.32 Å². The monoisotopic (exact) mass is 249 g/mol. The zero-order valence-corrected chi connectivity index (χ0v) is 10.7. The molecular formula is C11H15N5S. The van der Waals surface area contributed by atoms with Crippen LogP contribution in [0.2, 0.25) is 0 Å². The van der Waals surface area contributed by atoms with Gasteiger partial charge in [0.05, 0.1) is 11.1 Å². The topological polar surface area (TPSA) is 55.6 Å². The Morgan fingerprint density at radius 1 is 1.47 bits per heavy atom. The van der Waals surface area contributed by atoms with Crippen molar-refractivity contribution in [3.05, 3.63) is 24.7 Å². The van der Waals surface area contributed by atoms with Gasteiger partial charge in [-0.15, -0.1) is 0 Å². The predicted octanol–water partition coefficient (Wildman–Crippen LogP) is 2.18. The molecule has 90 valence electrons. The summed E-state index contributed by atoms with van der Waals surface area (Å²) in [6, 6.07) is 1.90. The zero-order valence-electron chi connectivity index (χ0n) is 9.92. The first-order valence-corrected chi connectivity index (χ1v) is 6.33. The molecule has 0 spiro atoms. The molecule has 0 unspecified atom stereocenters. The summed E-state index contributed by atoms with van der Waals surface area (Å²) in [5.41, 5.74) is 0. The minimum atomic E-state index is 0.681. The van der Waals surface area contributed by atoms with Gasteiger partial charge in [0, 0.05) is 26.0 Å². The number of nitrogens with one attached hydrogen (secondary N) is 1. The molecule has 0 aliphatic rings. The third-order valence-corrected chi connectivity index (χ3v) is 2.95. The summed E-state index contributed by atoms with van der Waals surface area (Å²) in [4.78, 5) is 9.66. The predicted molar refractivity (Wildman–Crippen MR) is 68.1 cm³/mol. The second-order valence-corrected chi connectivity index (χ2v) is 4.69. The minimum Gasteiger partial charge on any atom is -0.354 e. The van der Waals surface area contributed by atoms with E-state index >= 15 is 0 Å². The summed E-state index contributed by atoms with van der Waals surface area (Å²) in [6.07, 6.45) is 6.62. The summed E-state index contributed by atoms with van der Waals surface area (Å²) in [6.45, 7) is 3.00.